The Bertz CT molecular complexity index is 670. The molecule has 0 aromatic heterocycles. The summed E-state index contributed by atoms with van der Waals surface area (Å²) in [4.78, 5) is 10.9. The smallest absolute Gasteiger partial charge is 0.211 e. The van der Waals surface area contributed by atoms with Gasteiger partial charge in [0.15, 0.2) is 0 Å². The third-order valence-corrected chi connectivity index (χ3v) is 4.59. The first-order valence-electron chi connectivity index (χ1n) is 7.92. The van der Waals surface area contributed by atoms with E-state index in [0.717, 1.165) is 25.1 Å². The van der Waals surface area contributed by atoms with Crippen LogP contribution in [0, 0.1) is 18.7 Å². The van der Waals surface area contributed by atoms with Gasteiger partial charge in [0.05, 0.1) is 0 Å². The van der Waals surface area contributed by atoms with Crippen molar-refractivity contribution >= 4 is 23.7 Å². The van der Waals surface area contributed by atoms with Crippen molar-refractivity contribution in [1.82, 2.24) is 5.32 Å². The number of nitrogens with one attached hydrogen (secondary N) is 2. The maximum Gasteiger partial charge on any atom is 0.211 e. The van der Waals surface area contributed by atoms with Gasteiger partial charge < -0.3 is 10.6 Å². The second kappa shape index (κ2) is 8.81. The zero-order valence-electron chi connectivity index (χ0n) is 13.7. The van der Waals surface area contributed by atoms with Crippen LogP contribution in [-0.2, 0) is 4.79 Å². The van der Waals surface area contributed by atoms with Gasteiger partial charge in [-0.05, 0) is 55.1 Å². The number of halogens is 2. The fraction of sp³-hybridized carbons (Fsp3) is 0.316. The molecule has 0 radical (unpaired) electrons. The van der Waals surface area contributed by atoms with Crippen molar-refractivity contribution in [3.8, 4) is 0 Å². The third kappa shape index (κ3) is 4.56. The lowest BCUT2D eigenvalue weighted by Gasteiger charge is -2.21. The van der Waals surface area contributed by atoms with Crippen LogP contribution in [0.4, 0.5) is 10.1 Å². The van der Waals surface area contributed by atoms with Gasteiger partial charge in [-0.15, -0.1) is 0 Å². The predicted octanol–water partition coefficient (Wildman–Crippen LogP) is 4.26. The van der Waals surface area contributed by atoms with Crippen LogP contribution in [0.2, 0.25) is 0 Å². The van der Waals surface area contributed by atoms with E-state index < -0.39 is 0 Å². The second-order valence-corrected chi connectivity index (χ2v) is 6.33. The third-order valence-electron chi connectivity index (χ3n) is 4.31. The summed E-state index contributed by atoms with van der Waals surface area (Å²) in [5.74, 6) is 0.223. The van der Waals surface area contributed by atoms with Gasteiger partial charge in [0.2, 0.25) is 6.41 Å². The van der Waals surface area contributed by atoms with E-state index in [1.54, 1.807) is 31.2 Å². The molecular weight excluding hydrogens is 327 g/mol. The van der Waals surface area contributed by atoms with Crippen molar-refractivity contribution in [3.05, 3.63) is 65.0 Å². The number of rotatable bonds is 7. The quantitative estimate of drug-likeness (QED) is 0.571. The summed E-state index contributed by atoms with van der Waals surface area (Å²) in [6, 6.07) is 3.24. The van der Waals surface area contributed by atoms with E-state index in [-0.39, 0.29) is 11.7 Å². The molecule has 1 fully saturated rings. The Hall–Kier alpha value is -1.91. The van der Waals surface area contributed by atoms with Crippen LogP contribution in [0.1, 0.15) is 23.5 Å². The van der Waals surface area contributed by atoms with E-state index >= 15 is 0 Å². The second-order valence-electron chi connectivity index (χ2n) is 5.90. The molecule has 1 saturated heterocycles. The maximum atomic E-state index is 14.0. The van der Waals surface area contributed by atoms with E-state index in [0.29, 0.717) is 28.6 Å². The van der Waals surface area contributed by atoms with Crippen molar-refractivity contribution in [2.45, 2.75) is 19.3 Å². The van der Waals surface area contributed by atoms with Crippen LogP contribution in [0.5, 0.6) is 0 Å². The minimum Gasteiger partial charge on any atom is -0.328 e. The molecule has 1 unspecified atom stereocenters. The highest BCUT2D eigenvalue weighted by molar-refractivity contribution is 6.31. The molecular formula is C19H22ClFN2O. The summed E-state index contributed by atoms with van der Waals surface area (Å²) in [5, 5.41) is 6.64. The van der Waals surface area contributed by atoms with E-state index in [9.17, 15) is 9.18 Å². The van der Waals surface area contributed by atoms with Gasteiger partial charge in [0.25, 0.3) is 0 Å². The Morgan fingerprint density at radius 1 is 1.50 bits per heavy atom. The molecule has 0 saturated carbocycles. The normalized spacial score (nSPS) is 21.2. The van der Waals surface area contributed by atoms with Gasteiger partial charge >= 0.3 is 0 Å². The summed E-state index contributed by atoms with van der Waals surface area (Å²) in [7, 11) is 0. The number of amides is 1. The zero-order valence-corrected chi connectivity index (χ0v) is 14.4. The molecule has 1 aromatic carbocycles. The highest BCUT2D eigenvalue weighted by Gasteiger charge is 2.29. The fourth-order valence-corrected chi connectivity index (χ4v) is 3.09. The van der Waals surface area contributed by atoms with Crippen molar-refractivity contribution in [3.63, 3.8) is 0 Å². The first kappa shape index (κ1) is 18.4. The molecule has 3 nitrogen and oxygen atoms in total. The molecule has 0 bridgehead atoms. The van der Waals surface area contributed by atoms with Crippen molar-refractivity contribution in [1.29, 1.82) is 0 Å². The average Bonchev–Trinajstić information content (AvgIpc) is 3.03. The molecule has 0 spiro atoms. The molecule has 1 aromatic rings. The van der Waals surface area contributed by atoms with Crippen LogP contribution in [0.15, 0.2) is 48.0 Å². The number of anilines is 1. The number of allylic oxidation sites excluding steroid dienone is 5. The lowest BCUT2D eigenvalue weighted by molar-refractivity contribution is -0.105. The van der Waals surface area contributed by atoms with E-state index in [1.165, 1.54) is 0 Å². The minimum absolute atomic E-state index is 0.144. The van der Waals surface area contributed by atoms with Gasteiger partial charge in [-0.2, -0.15) is 0 Å². The van der Waals surface area contributed by atoms with Crippen LogP contribution >= 0.6 is 11.6 Å². The van der Waals surface area contributed by atoms with Gasteiger partial charge in [0.1, 0.15) is 5.82 Å². The van der Waals surface area contributed by atoms with Gasteiger partial charge in [-0.3, -0.25) is 4.79 Å². The molecule has 0 aliphatic carbocycles. The number of benzene rings is 1. The fourth-order valence-electron chi connectivity index (χ4n) is 3.02. The van der Waals surface area contributed by atoms with Gasteiger partial charge in [0, 0.05) is 23.2 Å². The zero-order chi connectivity index (χ0) is 17.5. The molecule has 1 amide bonds. The lowest BCUT2D eigenvalue weighted by Crippen LogP contribution is -2.13. The molecule has 2 atom stereocenters. The van der Waals surface area contributed by atoms with Crippen molar-refractivity contribution < 1.29 is 9.18 Å². The van der Waals surface area contributed by atoms with Crippen LogP contribution < -0.4 is 10.6 Å². The largest absolute Gasteiger partial charge is 0.328 e. The summed E-state index contributed by atoms with van der Waals surface area (Å²) in [5.41, 5.74) is 2.05. The Morgan fingerprint density at radius 2 is 2.29 bits per heavy atom. The van der Waals surface area contributed by atoms with Crippen molar-refractivity contribution in [2.75, 3.05) is 18.4 Å². The monoisotopic (exact) mass is 348 g/mol. The first-order valence-corrected chi connectivity index (χ1v) is 8.30. The SMILES string of the molecule is C=C/C(Cl)=C\C=C/C[C@H]1CNCC1c1cc(F)c(C)cc1NC=O. The number of hydrogen-bond acceptors (Lipinski definition) is 2. The minimum atomic E-state index is -0.247. The standard InChI is InChI=1S/C19H22ClFN2O/c1-3-15(20)7-5-4-6-14-10-22-11-17(14)16-9-18(21)13(2)8-19(16)23-12-24/h3-5,7-9,12,14,17,22H,1,6,10-11H2,2H3,(H,23,24)/b5-4-,15-7+/t14-,17?/m0/s1. The first-order chi connectivity index (χ1) is 11.6. The van der Waals surface area contributed by atoms with Gasteiger partial charge in [-0.25, -0.2) is 4.39 Å². The number of aryl methyl sites for hydroxylation is 1. The molecule has 128 valence electrons. The number of carbonyl (C=O) groups excluding carboxylic acids is 1. The molecule has 1 aliphatic rings. The average molecular weight is 349 g/mol. The Kier molecular flexibility index (Phi) is 6.76. The molecule has 2 rings (SSSR count). The highest BCUT2D eigenvalue weighted by atomic mass is 35.5. The van der Waals surface area contributed by atoms with E-state index in [1.807, 2.05) is 12.2 Å². The maximum absolute atomic E-state index is 14.0. The van der Waals surface area contributed by atoms with Gasteiger partial charge in [-0.1, -0.05) is 36.4 Å². The van der Waals surface area contributed by atoms with Crippen LogP contribution in [0.25, 0.3) is 0 Å². The summed E-state index contributed by atoms with van der Waals surface area (Å²) in [6.07, 6.45) is 8.80. The van der Waals surface area contributed by atoms with Crippen LogP contribution in [0.3, 0.4) is 0 Å². The Labute approximate surface area is 147 Å². The molecule has 2 N–H and O–H groups in total. The molecule has 24 heavy (non-hydrogen) atoms. The Morgan fingerprint density at radius 3 is 3.00 bits per heavy atom. The molecule has 1 heterocycles. The van der Waals surface area contributed by atoms with Crippen molar-refractivity contribution in [2.24, 2.45) is 5.92 Å². The van der Waals surface area contributed by atoms with E-state index in [4.69, 9.17) is 11.6 Å². The number of carbonyl (C=O) groups is 1. The summed E-state index contributed by atoms with van der Waals surface area (Å²) >= 11 is 5.87. The summed E-state index contributed by atoms with van der Waals surface area (Å²) < 4.78 is 14.0. The number of hydrogen-bond donors (Lipinski definition) is 2. The predicted molar refractivity (Wildman–Crippen MR) is 97.8 cm³/mol. The summed E-state index contributed by atoms with van der Waals surface area (Å²) in [6.45, 7) is 6.90. The molecule has 1 aliphatic heterocycles. The van der Waals surface area contributed by atoms with Crippen LogP contribution in [-0.4, -0.2) is 19.5 Å². The van der Waals surface area contributed by atoms with E-state index in [2.05, 4.69) is 17.2 Å². The Balaban J connectivity index is 2.19. The highest BCUT2D eigenvalue weighted by Crippen LogP contribution is 2.36. The molecule has 5 heteroatoms. The topological polar surface area (TPSA) is 41.1 Å². The lowest BCUT2D eigenvalue weighted by atomic mass is 9.85.